The number of carbonyl (C=O) groups excluding carboxylic acids is 1. The number of benzene rings is 2. The Morgan fingerprint density at radius 3 is 2.58 bits per heavy atom. The van der Waals surface area contributed by atoms with Gasteiger partial charge in [-0.25, -0.2) is 0 Å². The van der Waals surface area contributed by atoms with Gasteiger partial charge in [0.1, 0.15) is 0 Å². The molecule has 1 amide bonds. The van der Waals surface area contributed by atoms with Crippen molar-refractivity contribution in [1.82, 2.24) is 5.32 Å². The van der Waals surface area contributed by atoms with Crippen molar-refractivity contribution < 1.29 is 4.79 Å². The summed E-state index contributed by atoms with van der Waals surface area (Å²) in [6, 6.07) is 18.4. The fraction of sp³-hybridized carbons (Fsp3) is 0.350. The molecule has 1 N–H and O–H groups in total. The topological polar surface area (TPSA) is 35.6 Å². The van der Waals surface area contributed by atoms with Crippen LogP contribution in [0.4, 0.5) is 11.4 Å². The number of para-hydroxylation sites is 2. The number of hydrogen-bond donors (Lipinski definition) is 1. The zero-order chi connectivity index (χ0) is 16.9. The highest BCUT2D eigenvalue weighted by molar-refractivity contribution is 5.97. The first kappa shape index (κ1) is 16.5. The predicted molar refractivity (Wildman–Crippen MR) is 99.4 cm³/mol. The molecule has 24 heavy (non-hydrogen) atoms. The summed E-state index contributed by atoms with van der Waals surface area (Å²) in [5, 5.41) is 3.42. The zero-order valence-corrected chi connectivity index (χ0v) is 14.4. The Kier molecular flexibility index (Phi) is 5.16. The van der Waals surface area contributed by atoms with Crippen LogP contribution in [-0.2, 0) is 11.3 Å². The van der Waals surface area contributed by atoms with Gasteiger partial charge in [0.25, 0.3) is 0 Å². The van der Waals surface area contributed by atoms with Gasteiger partial charge in [-0.05, 0) is 37.6 Å². The van der Waals surface area contributed by atoms with Gasteiger partial charge in [-0.1, -0.05) is 36.4 Å². The van der Waals surface area contributed by atoms with Crippen molar-refractivity contribution in [2.24, 2.45) is 0 Å². The average molecular weight is 323 g/mol. The van der Waals surface area contributed by atoms with Crippen LogP contribution in [0, 0.1) is 0 Å². The third kappa shape index (κ3) is 3.60. The van der Waals surface area contributed by atoms with Crippen LogP contribution in [0.1, 0.15) is 19.4 Å². The number of hydrogen-bond acceptors (Lipinski definition) is 3. The van der Waals surface area contributed by atoms with Gasteiger partial charge in [0.05, 0.1) is 6.54 Å². The van der Waals surface area contributed by atoms with Crippen LogP contribution in [0.15, 0.2) is 54.6 Å². The third-order valence-electron chi connectivity index (χ3n) is 4.35. The average Bonchev–Trinajstić information content (AvgIpc) is 2.78. The third-order valence-corrected chi connectivity index (χ3v) is 4.35. The molecule has 0 aliphatic carbocycles. The molecule has 1 heterocycles. The number of anilines is 2. The molecule has 0 spiro atoms. The van der Waals surface area contributed by atoms with E-state index in [-0.39, 0.29) is 11.9 Å². The summed E-state index contributed by atoms with van der Waals surface area (Å²) in [5.74, 6) is 0.132. The second-order valence-electron chi connectivity index (χ2n) is 6.42. The number of carbonyl (C=O) groups is 1. The van der Waals surface area contributed by atoms with Crippen LogP contribution in [0.25, 0.3) is 0 Å². The Bertz CT molecular complexity index is 684. The van der Waals surface area contributed by atoms with E-state index < -0.39 is 0 Å². The van der Waals surface area contributed by atoms with E-state index in [1.54, 1.807) is 0 Å². The lowest BCUT2D eigenvalue weighted by Crippen LogP contribution is -2.45. The Hall–Kier alpha value is -2.33. The molecular weight excluding hydrogens is 298 g/mol. The minimum absolute atomic E-state index is 0.125. The largest absolute Gasteiger partial charge is 0.361 e. The van der Waals surface area contributed by atoms with E-state index >= 15 is 0 Å². The van der Waals surface area contributed by atoms with Gasteiger partial charge in [0.2, 0.25) is 5.91 Å². The minimum atomic E-state index is 0.125. The monoisotopic (exact) mass is 323 g/mol. The lowest BCUT2D eigenvalue weighted by atomic mass is 10.1. The molecule has 0 radical (unpaired) electrons. The van der Waals surface area contributed by atoms with Crippen molar-refractivity contribution in [3.8, 4) is 0 Å². The van der Waals surface area contributed by atoms with Crippen molar-refractivity contribution in [2.45, 2.75) is 26.4 Å². The molecule has 3 rings (SSSR count). The van der Waals surface area contributed by atoms with Crippen molar-refractivity contribution in [3.05, 3.63) is 60.2 Å². The van der Waals surface area contributed by atoms with Crippen molar-refractivity contribution >= 4 is 17.3 Å². The highest BCUT2D eigenvalue weighted by Crippen LogP contribution is 2.23. The maximum absolute atomic E-state index is 13.0. The van der Waals surface area contributed by atoms with Crippen molar-refractivity contribution in [3.63, 3.8) is 0 Å². The fourth-order valence-electron chi connectivity index (χ4n) is 3.25. The summed E-state index contributed by atoms with van der Waals surface area (Å²) in [4.78, 5) is 17.1. The molecule has 4 nitrogen and oxygen atoms in total. The van der Waals surface area contributed by atoms with Crippen LogP contribution in [-0.4, -0.2) is 31.6 Å². The quantitative estimate of drug-likeness (QED) is 0.939. The second kappa shape index (κ2) is 7.49. The maximum atomic E-state index is 13.0. The molecule has 0 saturated heterocycles. The van der Waals surface area contributed by atoms with E-state index in [0.29, 0.717) is 6.54 Å². The first-order valence-corrected chi connectivity index (χ1v) is 8.57. The first-order valence-electron chi connectivity index (χ1n) is 8.57. The standard InChI is InChI=1S/C20H25N3O/c1-16(2)23(18-9-4-3-5-10-18)20(24)15-22-13-12-21-14-17-8-6-7-11-19(17)22/h3-11,16,21H,12-15H2,1-2H3. The maximum Gasteiger partial charge on any atom is 0.246 e. The molecule has 0 atom stereocenters. The summed E-state index contributed by atoms with van der Waals surface area (Å²) >= 11 is 0. The summed E-state index contributed by atoms with van der Waals surface area (Å²) in [6.07, 6.45) is 0. The van der Waals surface area contributed by atoms with E-state index in [1.807, 2.05) is 41.3 Å². The molecule has 0 saturated carbocycles. The van der Waals surface area contributed by atoms with Gasteiger partial charge in [-0.15, -0.1) is 0 Å². The predicted octanol–water partition coefficient (Wildman–Crippen LogP) is 3.04. The molecule has 0 bridgehead atoms. The normalized spacial score (nSPS) is 14.2. The number of rotatable bonds is 4. The van der Waals surface area contributed by atoms with Gasteiger partial charge in [0, 0.05) is 37.1 Å². The van der Waals surface area contributed by atoms with Crippen molar-refractivity contribution in [2.75, 3.05) is 29.4 Å². The summed E-state index contributed by atoms with van der Waals surface area (Å²) in [5.41, 5.74) is 3.37. The van der Waals surface area contributed by atoms with E-state index in [0.717, 1.165) is 31.0 Å². The molecule has 0 aromatic heterocycles. The summed E-state index contributed by atoms with van der Waals surface area (Å²) < 4.78 is 0. The first-order chi connectivity index (χ1) is 11.7. The number of amides is 1. The molecule has 2 aromatic rings. The molecule has 0 unspecified atom stereocenters. The van der Waals surface area contributed by atoms with Crippen LogP contribution in [0.5, 0.6) is 0 Å². The van der Waals surface area contributed by atoms with Crippen LogP contribution in [0.3, 0.4) is 0 Å². The van der Waals surface area contributed by atoms with Crippen LogP contribution in [0.2, 0.25) is 0 Å². The lowest BCUT2D eigenvalue weighted by Gasteiger charge is -2.31. The van der Waals surface area contributed by atoms with Gasteiger partial charge < -0.3 is 15.1 Å². The lowest BCUT2D eigenvalue weighted by molar-refractivity contribution is -0.117. The highest BCUT2D eigenvalue weighted by Gasteiger charge is 2.23. The highest BCUT2D eigenvalue weighted by atomic mass is 16.2. The SMILES string of the molecule is CC(C)N(C(=O)CN1CCNCc2ccccc21)c1ccccc1. The van der Waals surface area contributed by atoms with E-state index in [9.17, 15) is 4.79 Å². The Balaban J connectivity index is 1.83. The van der Waals surface area contributed by atoms with E-state index in [1.165, 1.54) is 5.56 Å². The number of nitrogens with zero attached hydrogens (tertiary/aromatic N) is 2. The molecule has 1 aliphatic rings. The van der Waals surface area contributed by atoms with Crippen LogP contribution < -0.4 is 15.1 Å². The summed E-state index contributed by atoms with van der Waals surface area (Å²) in [6.45, 7) is 7.09. The Labute approximate surface area is 144 Å². The Morgan fingerprint density at radius 1 is 1.12 bits per heavy atom. The molecular formula is C20H25N3O. The van der Waals surface area contributed by atoms with Gasteiger partial charge in [-0.2, -0.15) is 0 Å². The molecule has 1 aliphatic heterocycles. The molecule has 2 aromatic carbocycles. The number of fused-ring (bicyclic) bond motifs is 1. The Morgan fingerprint density at radius 2 is 1.83 bits per heavy atom. The zero-order valence-electron chi connectivity index (χ0n) is 14.4. The molecule has 0 fully saturated rings. The molecule has 126 valence electrons. The summed E-state index contributed by atoms with van der Waals surface area (Å²) in [7, 11) is 0. The number of nitrogens with one attached hydrogen (secondary N) is 1. The minimum Gasteiger partial charge on any atom is -0.361 e. The van der Waals surface area contributed by atoms with Gasteiger partial charge in [0.15, 0.2) is 0 Å². The van der Waals surface area contributed by atoms with E-state index in [2.05, 4.69) is 42.3 Å². The van der Waals surface area contributed by atoms with Crippen LogP contribution >= 0.6 is 0 Å². The van der Waals surface area contributed by atoms with Gasteiger partial charge >= 0.3 is 0 Å². The fourth-order valence-corrected chi connectivity index (χ4v) is 3.25. The smallest absolute Gasteiger partial charge is 0.246 e. The van der Waals surface area contributed by atoms with E-state index in [4.69, 9.17) is 0 Å². The van der Waals surface area contributed by atoms with Gasteiger partial charge in [-0.3, -0.25) is 4.79 Å². The second-order valence-corrected chi connectivity index (χ2v) is 6.42. The van der Waals surface area contributed by atoms with Crippen molar-refractivity contribution in [1.29, 1.82) is 0 Å². The molecule has 4 heteroatoms.